The summed E-state index contributed by atoms with van der Waals surface area (Å²) in [4.78, 5) is 4.60. The van der Waals surface area contributed by atoms with E-state index in [0.29, 0.717) is 6.61 Å². The number of hydrogen-bond donors (Lipinski definition) is 1. The van der Waals surface area contributed by atoms with E-state index in [9.17, 15) is 0 Å². The summed E-state index contributed by atoms with van der Waals surface area (Å²) >= 11 is 0. The van der Waals surface area contributed by atoms with Gasteiger partial charge in [0.2, 0.25) is 0 Å². The van der Waals surface area contributed by atoms with Crippen molar-refractivity contribution in [1.29, 1.82) is 0 Å². The van der Waals surface area contributed by atoms with Crippen LogP contribution in [-0.4, -0.2) is 11.6 Å². The molecule has 2 heterocycles. The Hall–Kier alpha value is -1.87. The topological polar surface area (TPSA) is 34.1 Å². The number of aryl methyl sites for hydroxylation is 3. The first-order valence-electron chi connectivity index (χ1n) is 7.49. The Kier molecular flexibility index (Phi) is 3.68. The van der Waals surface area contributed by atoms with E-state index in [1.807, 2.05) is 19.1 Å². The molecule has 2 atom stereocenters. The number of aromatic nitrogens is 1. The van der Waals surface area contributed by atoms with E-state index in [0.717, 1.165) is 17.1 Å². The lowest BCUT2D eigenvalue weighted by molar-refractivity contribution is 0.300. The maximum Gasteiger partial charge on any atom is 0.124 e. The van der Waals surface area contributed by atoms with Gasteiger partial charge in [-0.25, -0.2) is 0 Å². The van der Waals surface area contributed by atoms with Crippen molar-refractivity contribution in [1.82, 2.24) is 10.3 Å². The minimum absolute atomic E-state index is 0.247. The lowest BCUT2D eigenvalue weighted by Gasteiger charge is -2.22. The van der Waals surface area contributed by atoms with Gasteiger partial charge in [-0.2, -0.15) is 0 Å². The number of fused-ring (bicyclic) bond motifs is 1. The Morgan fingerprint density at radius 3 is 2.76 bits per heavy atom. The molecule has 21 heavy (non-hydrogen) atoms. The van der Waals surface area contributed by atoms with Crippen molar-refractivity contribution in [2.45, 2.75) is 39.8 Å². The average Bonchev–Trinajstić information content (AvgIpc) is 2.81. The van der Waals surface area contributed by atoms with E-state index in [1.54, 1.807) is 0 Å². The quantitative estimate of drug-likeness (QED) is 0.930. The van der Waals surface area contributed by atoms with E-state index in [2.05, 4.69) is 49.3 Å². The molecule has 3 rings (SSSR count). The van der Waals surface area contributed by atoms with Crippen molar-refractivity contribution < 1.29 is 4.74 Å². The summed E-state index contributed by atoms with van der Waals surface area (Å²) in [6.07, 6.45) is 0. The molecule has 0 saturated heterocycles. The molecule has 1 aliphatic heterocycles. The fourth-order valence-electron chi connectivity index (χ4n) is 3.37. The molecule has 0 aliphatic carbocycles. The number of pyridine rings is 1. The van der Waals surface area contributed by atoms with Crippen LogP contribution in [0.3, 0.4) is 0 Å². The van der Waals surface area contributed by atoms with Crippen LogP contribution in [0.5, 0.6) is 5.75 Å². The number of benzene rings is 1. The highest BCUT2D eigenvalue weighted by Crippen LogP contribution is 2.34. The van der Waals surface area contributed by atoms with Gasteiger partial charge in [-0.05, 0) is 51.0 Å². The van der Waals surface area contributed by atoms with Crippen LogP contribution in [0.2, 0.25) is 0 Å². The van der Waals surface area contributed by atoms with E-state index in [-0.39, 0.29) is 12.1 Å². The van der Waals surface area contributed by atoms with Gasteiger partial charge in [0.15, 0.2) is 0 Å². The summed E-state index contributed by atoms with van der Waals surface area (Å²) in [5.74, 6) is 0.998. The molecule has 1 aliphatic rings. The Bertz CT molecular complexity index is 643. The highest BCUT2D eigenvalue weighted by atomic mass is 16.5. The molecule has 1 N–H and O–H groups in total. The Morgan fingerprint density at radius 2 is 2.00 bits per heavy atom. The second-order valence-electron chi connectivity index (χ2n) is 5.87. The molecule has 3 heteroatoms. The van der Waals surface area contributed by atoms with Gasteiger partial charge in [0, 0.05) is 23.0 Å². The summed E-state index contributed by atoms with van der Waals surface area (Å²) in [6, 6.07) is 10.9. The zero-order valence-corrected chi connectivity index (χ0v) is 13.1. The van der Waals surface area contributed by atoms with Gasteiger partial charge in [0.1, 0.15) is 12.4 Å². The number of nitrogens with zero attached hydrogens (tertiary/aromatic N) is 1. The Balaban J connectivity index is 1.84. The maximum absolute atomic E-state index is 5.75. The van der Waals surface area contributed by atoms with Gasteiger partial charge < -0.3 is 10.1 Å². The lowest BCUT2D eigenvalue weighted by atomic mass is 9.98. The van der Waals surface area contributed by atoms with Crippen molar-refractivity contribution in [3.05, 3.63) is 58.4 Å². The minimum atomic E-state index is 0.247. The standard InChI is InChI=1S/C18H22N2O/c1-11-9-12(2)19-13(3)18(11)14(4)20-16-10-21-17-8-6-5-7-15(16)17/h5-9,14,16,20H,10H2,1-4H3. The fourth-order valence-corrected chi connectivity index (χ4v) is 3.37. The Labute approximate surface area is 126 Å². The second kappa shape index (κ2) is 5.49. The summed E-state index contributed by atoms with van der Waals surface area (Å²) in [6.45, 7) is 9.19. The first-order chi connectivity index (χ1) is 10.1. The summed E-state index contributed by atoms with van der Waals surface area (Å²) in [7, 11) is 0. The number of ether oxygens (including phenoxy) is 1. The molecule has 1 aromatic heterocycles. The first kappa shape index (κ1) is 14.1. The molecule has 0 radical (unpaired) electrons. The molecule has 0 amide bonds. The van der Waals surface area contributed by atoms with Gasteiger partial charge >= 0.3 is 0 Å². The third-order valence-electron chi connectivity index (χ3n) is 4.17. The van der Waals surface area contributed by atoms with Crippen molar-refractivity contribution in [2.24, 2.45) is 0 Å². The van der Waals surface area contributed by atoms with Crippen molar-refractivity contribution in [3.63, 3.8) is 0 Å². The lowest BCUT2D eigenvalue weighted by Crippen LogP contribution is -2.27. The van der Waals surface area contributed by atoms with E-state index >= 15 is 0 Å². The van der Waals surface area contributed by atoms with Crippen LogP contribution in [0.25, 0.3) is 0 Å². The largest absolute Gasteiger partial charge is 0.491 e. The molecule has 0 bridgehead atoms. The highest BCUT2D eigenvalue weighted by Gasteiger charge is 2.26. The molecule has 2 aromatic rings. The van der Waals surface area contributed by atoms with Crippen molar-refractivity contribution in [2.75, 3.05) is 6.61 Å². The molecule has 0 saturated carbocycles. The zero-order chi connectivity index (χ0) is 15.0. The first-order valence-corrected chi connectivity index (χ1v) is 7.49. The number of nitrogens with one attached hydrogen (secondary N) is 1. The maximum atomic E-state index is 5.75. The van der Waals surface area contributed by atoms with Crippen LogP contribution in [0, 0.1) is 20.8 Å². The predicted molar refractivity (Wildman–Crippen MR) is 84.7 cm³/mol. The molecular formula is C18H22N2O. The van der Waals surface area contributed by atoms with E-state index < -0.39 is 0 Å². The average molecular weight is 282 g/mol. The third-order valence-corrected chi connectivity index (χ3v) is 4.17. The zero-order valence-electron chi connectivity index (χ0n) is 13.1. The van der Waals surface area contributed by atoms with Gasteiger partial charge in [-0.15, -0.1) is 0 Å². The fraction of sp³-hybridized carbons (Fsp3) is 0.389. The summed E-state index contributed by atoms with van der Waals surface area (Å²) in [5.41, 5.74) is 6.03. The normalized spacial score (nSPS) is 18.2. The SMILES string of the molecule is Cc1cc(C)c(C(C)NC2COc3ccccc32)c(C)n1. The second-order valence-corrected chi connectivity index (χ2v) is 5.87. The van der Waals surface area contributed by atoms with Crippen LogP contribution in [0.15, 0.2) is 30.3 Å². The predicted octanol–water partition coefficient (Wildman–Crippen LogP) is 3.79. The summed E-state index contributed by atoms with van der Waals surface area (Å²) in [5, 5.41) is 3.69. The van der Waals surface area contributed by atoms with Gasteiger partial charge in [0.25, 0.3) is 0 Å². The Morgan fingerprint density at radius 1 is 1.24 bits per heavy atom. The number of para-hydroxylation sites is 1. The molecule has 110 valence electrons. The van der Waals surface area contributed by atoms with Crippen LogP contribution in [0.1, 0.15) is 47.1 Å². The van der Waals surface area contributed by atoms with Crippen LogP contribution in [-0.2, 0) is 0 Å². The molecule has 2 unspecified atom stereocenters. The van der Waals surface area contributed by atoms with Crippen molar-refractivity contribution in [3.8, 4) is 5.75 Å². The molecule has 0 spiro atoms. The molecular weight excluding hydrogens is 260 g/mol. The van der Waals surface area contributed by atoms with Crippen LogP contribution < -0.4 is 10.1 Å². The number of rotatable bonds is 3. The number of hydrogen-bond acceptors (Lipinski definition) is 3. The summed E-state index contributed by atoms with van der Waals surface area (Å²) < 4.78 is 5.75. The third kappa shape index (κ3) is 2.66. The van der Waals surface area contributed by atoms with Crippen LogP contribution >= 0.6 is 0 Å². The highest BCUT2D eigenvalue weighted by molar-refractivity contribution is 5.40. The monoisotopic (exact) mass is 282 g/mol. The molecule has 0 fully saturated rings. The van der Waals surface area contributed by atoms with Gasteiger partial charge in [-0.1, -0.05) is 18.2 Å². The van der Waals surface area contributed by atoms with Crippen molar-refractivity contribution >= 4 is 0 Å². The van der Waals surface area contributed by atoms with Gasteiger partial charge in [0.05, 0.1) is 6.04 Å². The van der Waals surface area contributed by atoms with E-state index in [1.165, 1.54) is 16.7 Å². The van der Waals surface area contributed by atoms with Gasteiger partial charge in [-0.3, -0.25) is 4.98 Å². The molecule has 1 aromatic carbocycles. The van der Waals surface area contributed by atoms with Crippen LogP contribution in [0.4, 0.5) is 0 Å². The van der Waals surface area contributed by atoms with E-state index in [4.69, 9.17) is 4.74 Å². The molecule has 3 nitrogen and oxygen atoms in total. The smallest absolute Gasteiger partial charge is 0.124 e. The minimum Gasteiger partial charge on any atom is -0.491 e.